The van der Waals surface area contributed by atoms with Crippen LogP contribution >= 0.6 is 11.3 Å². The van der Waals surface area contributed by atoms with E-state index in [1.54, 1.807) is 11.3 Å². The lowest BCUT2D eigenvalue weighted by molar-refractivity contribution is 0.252. The molecule has 4 aromatic rings. The Bertz CT molecular complexity index is 1110. The number of nitrogens with one attached hydrogen (secondary N) is 2. The molecule has 0 spiro atoms. The number of anilines is 1. The Hall–Kier alpha value is -3.05. The number of urea groups is 1. The first-order valence-electron chi connectivity index (χ1n) is 9.43. The van der Waals surface area contributed by atoms with E-state index in [1.807, 2.05) is 31.2 Å². The smallest absolute Gasteiger partial charge is 0.319 e. The summed E-state index contributed by atoms with van der Waals surface area (Å²) < 4.78 is 2.33. The molecule has 4 nitrogen and oxygen atoms in total. The maximum Gasteiger partial charge on any atom is 0.319 e. The number of hydrogen-bond donors (Lipinski definition) is 2. The molecule has 0 aliphatic heterocycles. The Kier molecular flexibility index (Phi) is 5.17. The van der Waals surface area contributed by atoms with Crippen molar-refractivity contribution in [1.82, 2.24) is 9.88 Å². The maximum atomic E-state index is 12.5. The van der Waals surface area contributed by atoms with Crippen molar-refractivity contribution in [3.8, 4) is 10.6 Å². The Morgan fingerprint density at radius 1 is 1.04 bits per heavy atom. The molecule has 0 radical (unpaired) electrons. The highest BCUT2D eigenvalue weighted by molar-refractivity contribution is 7.13. The van der Waals surface area contributed by atoms with Gasteiger partial charge in [0, 0.05) is 35.2 Å². The molecule has 2 N–H and O–H groups in total. The molecule has 0 bridgehead atoms. The Morgan fingerprint density at radius 2 is 1.82 bits per heavy atom. The molecule has 5 heteroatoms. The summed E-state index contributed by atoms with van der Waals surface area (Å²) in [7, 11) is 0. The quantitative estimate of drug-likeness (QED) is 0.431. The van der Waals surface area contributed by atoms with Crippen LogP contribution in [-0.4, -0.2) is 10.6 Å². The van der Waals surface area contributed by atoms with E-state index in [0.29, 0.717) is 6.54 Å². The molecule has 2 heterocycles. The summed E-state index contributed by atoms with van der Waals surface area (Å²) in [6, 6.07) is 20.2. The van der Waals surface area contributed by atoms with Gasteiger partial charge in [-0.2, -0.15) is 0 Å². The summed E-state index contributed by atoms with van der Waals surface area (Å²) in [6.07, 6.45) is 0. The molecular weight excluding hydrogens is 366 g/mol. The van der Waals surface area contributed by atoms with E-state index >= 15 is 0 Å². The number of aromatic nitrogens is 1. The van der Waals surface area contributed by atoms with Gasteiger partial charge in [0.25, 0.3) is 0 Å². The molecule has 0 unspecified atom stereocenters. The average Bonchev–Trinajstić information content (AvgIpc) is 3.33. The van der Waals surface area contributed by atoms with Crippen LogP contribution in [0.15, 0.2) is 66.0 Å². The van der Waals surface area contributed by atoms with E-state index < -0.39 is 0 Å². The number of hydrogen-bond acceptors (Lipinski definition) is 2. The standard InChI is InChI=1S/C23H23N3OS/c1-3-26-20-12-7-5-10-17(20)18(22(26)21-13-8-14-28-21)15-24-23(27)25-19-11-6-4-9-16(19)2/h4-14H,3,15H2,1-2H3,(H2,24,25,27). The van der Waals surface area contributed by atoms with E-state index in [4.69, 9.17) is 0 Å². The molecule has 0 aliphatic rings. The summed E-state index contributed by atoms with van der Waals surface area (Å²) in [5, 5.41) is 9.27. The number of amides is 2. The van der Waals surface area contributed by atoms with E-state index in [2.05, 4.69) is 63.9 Å². The zero-order valence-electron chi connectivity index (χ0n) is 16.0. The fourth-order valence-electron chi connectivity index (χ4n) is 3.63. The van der Waals surface area contributed by atoms with Crippen LogP contribution in [0.2, 0.25) is 0 Å². The molecule has 2 amide bonds. The molecular formula is C23H23N3OS. The number of thiophene rings is 1. The fraction of sp³-hybridized carbons (Fsp3) is 0.174. The summed E-state index contributed by atoms with van der Waals surface area (Å²) in [4.78, 5) is 13.7. The molecule has 0 fully saturated rings. The molecule has 4 rings (SSSR count). The van der Waals surface area contributed by atoms with Gasteiger partial charge < -0.3 is 15.2 Å². The SMILES string of the molecule is CCn1c(-c2cccs2)c(CNC(=O)Nc2ccccc2C)c2ccccc21. The van der Waals surface area contributed by atoms with Gasteiger partial charge in [-0.15, -0.1) is 11.3 Å². The van der Waals surface area contributed by atoms with Crippen molar-refractivity contribution >= 4 is 34.0 Å². The predicted molar refractivity (Wildman–Crippen MR) is 118 cm³/mol. The molecule has 28 heavy (non-hydrogen) atoms. The Morgan fingerprint density at radius 3 is 2.57 bits per heavy atom. The van der Waals surface area contributed by atoms with Crippen LogP contribution in [0.3, 0.4) is 0 Å². The van der Waals surface area contributed by atoms with Gasteiger partial charge in [-0.3, -0.25) is 0 Å². The highest BCUT2D eigenvalue weighted by atomic mass is 32.1. The lowest BCUT2D eigenvalue weighted by Gasteiger charge is -2.11. The molecule has 0 atom stereocenters. The first-order chi connectivity index (χ1) is 13.7. The van der Waals surface area contributed by atoms with Crippen molar-refractivity contribution in [3.05, 3.63) is 77.2 Å². The van der Waals surface area contributed by atoms with Gasteiger partial charge in [0.2, 0.25) is 0 Å². The first kappa shape index (κ1) is 18.3. The van der Waals surface area contributed by atoms with Gasteiger partial charge in [0.15, 0.2) is 0 Å². The Balaban J connectivity index is 1.66. The van der Waals surface area contributed by atoms with E-state index in [9.17, 15) is 4.79 Å². The van der Waals surface area contributed by atoms with E-state index in [0.717, 1.165) is 23.4 Å². The minimum absolute atomic E-state index is 0.195. The monoisotopic (exact) mass is 389 g/mol. The topological polar surface area (TPSA) is 46.1 Å². The number of rotatable bonds is 5. The number of carbonyl (C=O) groups is 1. The summed E-state index contributed by atoms with van der Waals surface area (Å²) in [5.74, 6) is 0. The highest BCUT2D eigenvalue weighted by Gasteiger charge is 2.18. The molecule has 2 aromatic heterocycles. The largest absolute Gasteiger partial charge is 0.340 e. The van der Waals surface area contributed by atoms with Crippen LogP contribution in [0.1, 0.15) is 18.1 Å². The molecule has 0 saturated heterocycles. The van der Waals surface area contributed by atoms with E-state index in [-0.39, 0.29) is 6.03 Å². The van der Waals surface area contributed by atoms with Crippen molar-refractivity contribution in [2.75, 3.05) is 5.32 Å². The van der Waals surface area contributed by atoms with Crippen molar-refractivity contribution in [2.45, 2.75) is 26.9 Å². The molecule has 2 aromatic carbocycles. The van der Waals surface area contributed by atoms with Gasteiger partial charge in [0.1, 0.15) is 0 Å². The van der Waals surface area contributed by atoms with Gasteiger partial charge in [-0.05, 0) is 43.0 Å². The van der Waals surface area contributed by atoms with Crippen molar-refractivity contribution < 1.29 is 4.79 Å². The van der Waals surface area contributed by atoms with Crippen LogP contribution in [0.4, 0.5) is 10.5 Å². The fourth-order valence-corrected chi connectivity index (χ4v) is 4.43. The average molecular weight is 390 g/mol. The van der Waals surface area contributed by atoms with Gasteiger partial charge in [0.05, 0.1) is 10.6 Å². The lowest BCUT2D eigenvalue weighted by Crippen LogP contribution is -2.28. The van der Waals surface area contributed by atoms with E-state index in [1.165, 1.54) is 21.5 Å². The number of nitrogens with zero attached hydrogens (tertiary/aromatic N) is 1. The zero-order valence-corrected chi connectivity index (χ0v) is 16.8. The lowest BCUT2D eigenvalue weighted by atomic mass is 10.1. The number of carbonyl (C=O) groups excluding carboxylic acids is 1. The van der Waals surface area contributed by atoms with Gasteiger partial charge in [-0.25, -0.2) is 4.79 Å². The normalized spacial score (nSPS) is 10.9. The summed E-state index contributed by atoms with van der Waals surface area (Å²) in [6.45, 7) is 5.49. The molecule has 0 aliphatic carbocycles. The third-order valence-corrected chi connectivity index (χ3v) is 5.84. The van der Waals surface area contributed by atoms with Crippen LogP contribution in [0.25, 0.3) is 21.5 Å². The predicted octanol–water partition coefficient (Wildman–Crippen LogP) is 6.02. The van der Waals surface area contributed by atoms with Crippen LogP contribution in [0, 0.1) is 6.92 Å². The first-order valence-corrected chi connectivity index (χ1v) is 10.3. The van der Waals surface area contributed by atoms with Crippen molar-refractivity contribution in [1.29, 1.82) is 0 Å². The number of benzene rings is 2. The van der Waals surface area contributed by atoms with Crippen molar-refractivity contribution in [2.24, 2.45) is 0 Å². The minimum atomic E-state index is -0.195. The third-order valence-electron chi connectivity index (χ3n) is 4.97. The third kappa shape index (κ3) is 3.41. The second-order valence-corrected chi connectivity index (χ2v) is 7.64. The van der Waals surface area contributed by atoms with Crippen LogP contribution in [-0.2, 0) is 13.1 Å². The highest BCUT2D eigenvalue weighted by Crippen LogP contribution is 2.36. The second kappa shape index (κ2) is 7.90. The number of aryl methyl sites for hydroxylation is 2. The van der Waals surface area contributed by atoms with Gasteiger partial charge in [-0.1, -0.05) is 42.5 Å². The van der Waals surface area contributed by atoms with Gasteiger partial charge >= 0.3 is 6.03 Å². The van der Waals surface area contributed by atoms with Crippen molar-refractivity contribution in [3.63, 3.8) is 0 Å². The Labute approximate surface area is 168 Å². The number of fused-ring (bicyclic) bond motifs is 1. The van der Waals surface area contributed by atoms with Crippen LogP contribution < -0.4 is 10.6 Å². The summed E-state index contributed by atoms with van der Waals surface area (Å²) >= 11 is 1.72. The molecule has 142 valence electrons. The second-order valence-electron chi connectivity index (χ2n) is 6.69. The number of para-hydroxylation sites is 2. The zero-order chi connectivity index (χ0) is 19.5. The summed E-state index contributed by atoms with van der Waals surface area (Å²) in [5.41, 5.74) is 5.41. The minimum Gasteiger partial charge on any atom is -0.340 e. The van der Waals surface area contributed by atoms with Crippen LogP contribution in [0.5, 0.6) is 0 Å². The maximum absolute atomic E-state index is 12.5. The molecule has 0 saturated carbocycles.